The average molecular weight is 1360 g/mol. The maximum atomic E-state index is 13.1. The van der Waals surface area contributed by atoms with Gasteiger partial charge in [-0.05, 0) is 38.5 Å². The summed E-state index contributed by atoms with van der Waals surface area (Å²) in [6, 6.07) is -0.759. The van der Waals surface area contributed by atoms with E-state index in [1.807, 2.05) is 21.1 Å². The first-order valence-electron chi connectivity index (χ1n) is 43.6. The molecule has 0 saturated heterocycles. The second kappa shape index (κ2) is 77.4. The van der Waals surface area contributed by atoms with Crippen molar-refractivity contribution in [3.8, 4) is 0 Å². The van der Waals surface area contributed by atoms with Gasteiger partial charge in [-0.25, -0.2) is 4.57 Å². The van der Waals surface area contributed by atoms with Gasteiger partial charge in [-0.15, -0.1) is 0 Å². The average Bonchev–Trinajstić information content (AvgIpc) is 2.01. The van der Waals surface area contributed by atoms with Gasteiger partial charge in [0.2, 0.25) is 5.91 Å². The summed E-state index contributed by atoms with van der Waals surface area (Å²) in [5.41, 5.74) is 0. The first kappa shape index (κ1) is 94.2. The fourth-order valence-corrected chi connectivity index (χ4v) is 14.8. The molecule has 0 bridgehead atoms. The summed E-state index contributed by atoms with van der Waals surface area (Å²) in [6.07, 6.45) is 103. The van der Waals surface area contributed by atoms with Gasteiger partial charge in [-0.2, -0.15) is 0 Å². The highest BCUT2D eigenvalue weighted by Gasteiger charge is 2.28. The second-order valence-corrected chi connectivity index (χ2v) is 33.1. The van der Waals surface area contributed by atoms with Gasteiger partial charge in [0.15, 0.2) is 0 Å². The number of likely N-dealkylation sites (N-methyl/N-ethyl adjacent to an activating group) is 1. The first-order chi connectivity index (χ1) is 46.5. The minimum Gasteiger partial charge on any atom is -0.391 e. The van der Waals surface area contributed by atoms with E-state index in [4.69, 9.17) is 9.05 Å². The van der Waals surface area contributed by atoms with Crippen LogP contribution in [0.2, 0.25) is 0 Å². The van der Waals surface area contributed by atoms with Crippen LogP contribution >= 0.6 is 7.82 Å². The van der Waals surface area contributed by atoms with Crippen LogP contribution in [0.5, 0.6) is 0 Å². The molecule has 95 heavy (non-hydrogen) atoms. The molecule has 3 unspecified atom stereocenters. The molecular weight excluding hydrogens is 1190 g/mol. The summed E-state index contributed by atoms with van der Waals surface area (Å²) >= 11 is 0. The fraction of sp³-hybridized carbons (Fsp3) is 0.965. The number of allylic oxidation sites excluding steroid dienone is 2. The van der Waals surface area contributed by atoms with Gasteiger partial charge in [0.05, 0.1) is 39.9 Å². The van der Waals surface area contributed by atoms with Crippen molar-refractivity contribution in [1.29, 1.82) is 0 Å². The van der Waals surface area contributed by atoms with Crippen LogP contribution in [0.15, 0.2) is 12.2 Å². The van der Waals surface area contributed by atoms with Crippen LogP contribution in [0.1, 0.15) is 483 Å². The van der Waals surface area contributed by atoms with Crippen LogP contribution in [0.25, 0.3) is 0 Å². The van der Waals surface area contributed by atoms with Crippen molar-refractivity contribution >= 4 is 13.7 Å². The number of carbonyl (C=O) groups is 1. The molecule has 9 heteroatoms. The summed E-state index contributed by atoms with van der Waals surface area (Å²) < 4.78 is 24.0. The Bertz CT molecular complexity index is 1560. The van der Waals surface area contributed by atoms with E-state index in [2.05, 4.69) is 31.3 Å². The molecule has 0 heterocycles. The molecule has 0 aromatic heterocycles. The zero-order valence-electron chi connectivity index (χ0n) is 65.5. The maximum Gasteiger partial charge on any atom is 0.472 e. The molecule has 0 saturated carbocycles. The van der Waals surface area contributed by atoms with Crippen LogP contribution in [-0.4, -0.2) is 73.4 Å². The molecule has 0 aliphatic rings. The van der Waals surface area contributed by atoms with E-state index >= 15 is 0 Å². The lowest BCUT2D eigenvalue weighted by Gasteiger charge is -2.26. The van der Waals surface area contributed by atoms with Crippen molar-refractivity contribution in [3.63, 3.8) is 0 Å². The molecule has 8 nitrogen and oxygen atoms in total. The highest BCUT2D eigenvalue weighted by molar-refractivity contribution is 7.47. The molecular formula is C86H174N2O6P+. The molecule has 0 aromatic carbocycles. The zero-order valence-corrected chi connectivity index (χ0v) is 66.4. The zero-order chi connectivity index (χ0) is 69.0. The molecule has 0 radical (unpaired) electrons. The van der Waals surface area contributed by atoms with Gasteiger partial charge in [0.1, 0.15) is 13.2 Å². The van der Waals surface area contributed by atoms with Gasteiger partial charge in [-0.3, -0.25) is 13.8 Å². The summed E-state index contributed by atoms with van der Waals surface area (Å²) in [6.45, 7) is 4.97. The fourth-order valence-electron chi connectivity index (χ4n) is 14.1. The lowest BCUT2D eigenvalue weighted by molar-refractivity contribution is -0.870. The van der Waals surface area contributed by atoms with E-state index in [1.165, 1.54) is 417 Å². The smallest absolute Gasteiger partial charge is 0.391 e. The van der Waals surface area contributed by atoms with Crippen molar-refractivity contribution in [2.24, 2.45) is 0 Å². The molecule has 0 aromatic rings. The Morgan fingerprint density at radius 2 is 0.568 bits per heavy atom. The topological polar surface area (TPSA) is 105 Å². The minimum atomic E-state index is -4.33. The van der Waals surface area contributed by atoms with Crippen molar-refractivity contribution in [2.45, 2.75) is 495 Å². The summed E-state index contributed by atoms with van der Waals surface area (Å²) in [4.78, 5) is 23.6. The number of quaternary nitrogens is 1. The van der Waals surface area contributed by atoms with Crippen molar-refractivity contribution in [3.05, 3.63) is 12.2 Å². The largest absolute Gasteiger partial charge is 0.472 e. The monoisotopic (exact) mass is 1360 g/mol. The highest BCUT2D eigenvalue weighted by Crippen LogP contribution is 2.43. The number of unbranched alkanes of at least 4 members (excludes halogenated alkanes) is 68. The van der Waals surface area contributed by atoms with Gasteiger partial charge >= 0.3 is 7.82 Å². The third-order valence-corrected chi connectivity index (χ3v) is 21.7. The Hall–Kier alpha value is -0.760. The molecule has 3 atom stereocenters. The Morgan fingerprint density at radius 1 is 0.347 bits per heavy atom. The number of amides is 1. The predicted octanol–water partition coefficient (Wildman–Crippen LogP) is 28.7. The number of hydrogen-bond acceptors (Lipinski definition) is 5. The van der Waals surface area contributed by atoms with Crippen LogP contribution in [0.4, 0.5) is 0 Å². The minimum absolute atomic E-state index is 0.0791. The third kappa shape index (κ3) is 80.4. The van der Waals surface area contributed by atoms with E-state index in [9.17, 15) is 19.4 Å². The normalized spacial score (nSPS) is 13.4. The van der Waals surface area contributed by atoms with E-state index < -0.39 is 20.0 Å². The van der Waals surface area contributed by atoms with Crippen molar-refractivity contribution < 1.29 is 32.9 Å². The van der Waals surface area contributed by atoms with E-state index in [0.29, 0.717) is 23.9 Å². The number of rotatable bonds is 83. The highest BCUT2D eigenvalue weighted by atomic mass is 31.2. The van der Waals surface area contributed by atoms with Crippen molar-refractivity contribution in [1.82, 2.24) is 5.32 Å². The van der Waals surface area contributed by atoms with Crippen LogP contribution in [0, 0.1) is 0 Å². The standard InChI is InChI=1S/C86H173N2O6P/c1-6-8-10-12-14-16-18-20-22-24-26-28-30-32-34-36-38-40-41-42-43-44-45-46-47-48-50-52-54-56-58-60-62-64-66-68-70-72-74-76-78-80-86(90)87-84(83-94-95(91,92)93-82-81-88(3,4)5)85(89)79-77-75-73-71-69-67-65-63-61-59-57-55-53-51-49-39-37-35-33-31-29-27-25-23-21-19-17-15-13-11-9-7-2/h24,26,84-85,89H,6-23,25,27-83H2,1-5H3,(H-,87,90,91,92)/p+1/b26-24-. The van der Waals surface area contributed by atoms with E-state index in [1.54, 1.807) is 0 Å². The number of aliphatic hydroxyl groups excluding tert-OH is 1. The molecule has 0 spiro atoms. The van der Waals surface area contributed by atoms with E-state index in [0.717, 1.165) is 38.5 Å². The van der Waals surface area contributed by atoms with Crippen LogP contribution < -0.4 is 5.32 Å². The van der Waals surface area contributed by atoms with Gasteiger partial charge < -0.3 is 19.8 Å². The predicted molar refractivity (Wildman–Crippen MR) is 420 cm³/mol. The van der Waals surface area contributed by atoms with Gasteiger partial charge in [0.25, 0.3) is 0 Å². The van der Waals surface area contributed by atoms with Crippen LogP contribution in [-0.2, 0) is 18.4 Å². The molecule has 568 valence electrons. The molecule has 0 aliphatic heterocycles. The Balaban J connectivity index is 3.84. The van der Waals surface area contributed by atoms with Gasteiger partial charge in [0, 0.05) is 6.42 Å². The van der Waals surface area contributed by atoms with Gasteiger partial charge in [-0.1, -0.05) is 450 Å². The molecule has 3 N–H and O–H groups in total. The quantitative estimate of drug-likeness (QED) is 0.0243. The number of phosphoric ester groups is 1. The molecule has 0 aliphatic carbocycles. The number of phosphoric acid groups is 1. The Kier molecular flexibility index (Phi) is 76.8. The Labute approximate surface area is 596 Å². The summed E-state index contributed by atoms with van der Waals surface area (Å²) in [5, 5.41) is 14.2. The number of carbonyl (C=O) groups excluding carboxylic acids is 1. The third-order valence-electron chi connectivity index (χ3n) is 20.8. The summed E-state index contributed by atoms with van der Waals surface area (Å²) in [7, 11) is 1.65. The number of hydrogen-bond donors (Lipinski definition) is 3. The first-order valence-corrected chi connectivity index (χ1v) is 45.0. The second-order valence-electron chi connectivity index (χ2n) is 31.6. The Morgan fingerprint density at radius 3 is 0.811 bits per heavy atom. The van der Waals surface area contributed by atoms with E-state index in [-0.39, 0.29) is 19.1 Å². The SMILES string of the molecule is CCCCCCCCCC/C=C\CCCCCCCCCCCCCCCCCCCCCCCCCCCCCCCC(=O)NC(COP(=O)(O)OCC[N+](C)(C)C)C(O)CCCCCCCCCCCCCCCCCCCCCCCCCCCCCCCCCC. The van der Waals surface area contributed by atoms with Crippen molar-refractivity contribution in [2.75, 3.05) is 40.9 Å². The molecule has 1 amide bonds. The number of nitrogens with zero attached hydrogens (tertiary/aromatic N) is 1. The van der Waals surface area contributed by atoms with Crippen LogP contribution in [0.3, 0.4) is 0 Å². The maximum absolute atomic E-state index is 13.1. The number of aliphatic hydroxyl groups is 1. The summed E-state index contributed by atoms with van der Waals surface area (Å²) in [5.74, 6) is -0.131. The molecule has 0 fully saturated rings. The lowest BCUT2D eigenvalue weighted by Crippen LogP contribution is -2.46. The lowest BCUT2D eigenvalue weighted by atomic mass is 10.0. The molecule has 0 rings (SSSR count). The number of nitrogens with one attached hydrogen (secondary N) is 1.